The quantitative estimate of drug-likeness (QED) is 0.661. The monoisotopic (exact) mass is 321 g/mol. The Morgan fingerprint density at radius 2 is 2.18 bits per heavy atom. The molecule has 1 aliphatic heterocycles. The van der Waals surface area contributed by atoms with E-state index in [0.29, 0.717) is 6.42 Å². The lowest BCUT2D eigenvalue weighted by molar-refractivity contribution is -0.497. The molecule has 0 radical (unpaired) electrons. The molecule has 3 rings (SSSR count). The van der Waals surface area contributed by atoms with Crippen LogP contribution in [0.1, 0.15) is 12.0 Å². The molecule has 1 saturated heterocycles. The maximum atomic E-state index is 12.0. The van der Waals surface area contributed by atoms with Crippen LogP contribution >= 0.6 is 11.8 Å². The van der Waals surface area contributed by atoms with Crippen molar-refractivity contribution in [1.82, 2.24) is 4.90 Å². The Morgan fingerprint density at radius 3 is 2.86 bits per heavy atom. The average Bonchev–Trinajstić information content (AvgIpc) is 3.29. The van der Waals surface area contributed by atoms with E-state index in [0.717, 1.165) is 30.9 Å². The van der Waals surface area contributed by atoms with Crippen molar-refractivity contribution in [1.29, 1.82) is 0 Å². The van der Waals surface area contributed by atoms with Gasteiger partial charge < -0.3 is 5.32 Å². The Balaban J connectivity index is 1.57. The predicted octanol–water partition coefficient (Wildman–Crippen LogP) is 1.84. The third-order valence-corrected chi connectivity index (χ3v) is 5.01. The molecule has 118 valence electrons. The zero-order chi connectivity index (χ0) is 15.5. The first-order valence-corrected chi connectivity index (χ1v) is 8.62. The van der Waals surface area contributed by atoms with Crippen LogP contribution in [0.25, 0.3) is 0 Å². The first-order valence-electron chi connectivity index (χ1n) is 7.47. The second kappa shape index (κ2) is 6.66. The maximum absolute atomic E-state index is 12.0. The van der Waals surface area contributed by atoms with Crippen molar-refractivity contribution in [3.05, 3.63) is 39.9 Å². The van der Waals surface area contributed by atoms with Gasteiger partial charge >= 0.3 is 0 Å². The van der Waals surface area contributed by atoms with Gasteiger partial charge in [0.1, 0.15) is 5.92 Å². The number of nitro groups is 1. The molecular weight excluding hydrogens is 302 g/mol. The molecule has 1 saturated carbocycles. The topological polar surface area (TPSA) is 75.5 Å². The fourth-order valence-electron chi connectivity index (χ4n) is 2.70. The zero-order valence-electron chi connectivity index (χ0n) is 12.2. The molecule has 1 heterocycles. The minimum atomic E-state index is -0.700. The molecule has 7 heteroatoms. The molecule has 1 aromatic rings. The van der Waals surface area contributed by atoms with Crippen LogP contribution in [-0.2, 0) is 11.3 Å². The maximum Gasteiger partial charge on any atom is 0.234 e. The highest BCUT2D eigenvalue weighted by molar-refractivity contribution is 7.99. The van der Waals surface area contributed by atoms with Crippen molar-refractivity contribution >= 4 is 23.4 Å². The Labute approximate surface area is 133 Å². The number of rotatable bonds is 5. The first kappa shape index (κ1) is 15.3. The largest absolute Gasteiger partial charge is 0.326 e. The molecule has 6 nitrogen and oxygen atoms in total. The molecule has 0 unspecified atom stereocenters. The summed E-state index contributed by atoms with van der Waals surface area (Å²) in [6, 6.07) is 7.06. The Hall–Kier alpha value is -1.60. The summed E-state index contributed by atoms with van der Waals surface area (Å²) in [6.45, 7) is 3.06. The van der Waals surface area contributed by atoms with Gasteiger partial charge in [-0.3, -0.25) is 19.8 Å². The highest BCUT2D eigenvalue weighted by Gasteiger charge is 2.53. The van der Waals surface area contributed by atoms with E-state index in [4.69, 9.17) is 0 Å². The summed E-state index contributed by atoms with van der Waals surface area (Å²) < 4.78 is 0. The minimum absolute atomic E-state index is 0.242. The van der Waals surface area contributed by atoms with Crippen LogP contribution in [-0.4, -0.2) is 46.4 Å². The molecule has 2 atom stereocenters. The molecule has 0 aromatic heterocycles. The minimum Gasteiger partial charge on any atom is -0.326 e. The van der Waals surface area contributed by atoms with Gasteiger partial charge in [0.25, 0.3) is 0 Å². The van der Waals surface area contributed by atoms with Crippen LogP contribution in [0.15, 0.2) is 24.3 Å². The normalized spacial score (nSPS) is 24.7. The fourth-order valence-corrected chi connectivity index (χ4v) is 3.67. The summed E-state index contributed by atoms with van der Waals surface area (Å²) in [5, 5.41) is 13.4. The molecule has 1 N–H and O–H groups in total. The molecule has 2 aliphatic rings. The molecular formula is C15H19N3O3S. The van der Waals surface area contributed by atoms with Gasteiger partial charge in [-0.1, -0.05) is 12.1 Å². The lowest BCUT2D eigenvalue weighted by Crippen LogP contribution is -2.31. The van der Waals surface area contributed by atoms with E-state index in [1.807, 2.05) is 36.0 Å². The number of anilines is 1. The SMILES string of the molecule is O=C(Nc1cccc(CN2CCSCC2)c1)[C@H]1C[C@@H]1[N+](=O)[O-]. The summed E-state index contributed by atoms with van der Waals surface area (Å²) >= 11 is 1.98. The molecule has 22 heavy (non-hydrogen) atoms. The van der Waals surface area contributed by atoms with Crippen LogP contribution < -0.4 is 5.32 Å². The molecule has 2 fully saturated rings. The second-order valence-corrected chi connectivity index (χ2v) is 7.00. The average molecular weight is 321 g/mol. The van der Waals surface area contributed by atoms with Crippen LogP contribution in [0, 0.1) is 16.0 Å². The highest BCUT2D eigenvalue weighted by atomic mass is 32.2. The number of benzene rings is 1. The fraction of sp³-hybridized carbons (Fsp3) is 0.533. The van der Waals surface area contributed by atoms with E-state index in [1.165, 1.54) is 11.5 Å². The lowest BCUT2D eigenvalue weighted by Gasteiger charge is -2.26. The molecule has 0 bridgehead atoms. The number of thioether (sulfide) groups is 1. The Kier molecular flexibility index (Phi) is 4.63. The number of hydrogen-bond acceptors (Lipinski definition) is 5. The number of carbonyl (C=O) groups excluding carboxylic acids is 1. The first-order chi connectivity index (χ1) is 10.6. The van der Waals surface area contributed by atoms with E-state index in [9.17, 15) is 14.9 Å². The van der Waals surface area contributed by atoms with Crippen molar-refractivity contribution < 1.29 is 9.72 Å². The molecule has 1 aromatic carbocycles. The summed E-state index contributed by atoms with van der Waals surface area (Å²) in [4.78, 5) is 24.6. The van der Waals surface area contributed by atoms with Crippen molar-refractivity contribution in [2.75, 3.05) is 29.9 Å². The van der Waals surface area contributed by atoms with Gasteiger partial charge in [0, 0.05) is 48.2 Å². The Morgan fingerprint density at radius 1 is 1.41 bits per heavy atom. The smallest absolute Gasteiger partial charge is 0.234 e. The Bertz CT molecular complexity index is 575. The number of nitrogens with zero attached hydrogens (tertiary/aromatic N) is 2. The third-order valence-electron chi connectivity index (χ3n) is 4.07. The van der Waals surface area contributed by atoms with Crippen LogP contribution in [0.2, 0.25) is 0 Å². The number of hydrogen-bond donors (Lipinski definition) is 1. The summed E-state index contributed by atoms with van der Waals surface area (Å²) in [5.41, 5.74) is 1.88. The van der Waals surface area contributed by atoms with E-state index in [-0.39, 0.29) is 10.8 Å². The van der Waals surface area contributed by atoms with E-state index in [2.05, 4.69) is 10.2 Å². The van der Waals surface area contributed by atoms with Crippen LogP contribution in [0.3, 0.4) is 0 Å². The van der Waals surface area contributed by atoms with Gasteiger partial charge in [0.2, 0.25) is 11.9 Å². The van der Waals surface area contributed by atoms with E-state index >= 15 is 0 Å². The van der Waals surface area contributed by atoms with Crippen molar-refractivity contribution in [2.45, 2.75) is 19.0 Å². The number of carbonyl (C=O) groups is 1. The van der Waals surface area contributed by atoms with Crippen LogP contribution in [0.4, 0.5) is 5.69 Å². The van der Waals surface area contributed by atoms with Crippen molar-refractivity contribution in [3.63, 3.8) is 0 Å². The summed E-state index contributed by atoms with van der Waals surface area (Å²) in [5.74, 6) is 1.62. The van der Waals surface area contributed by atoms with Gasteiger partial charge in [0.15, 0.2) is 0 Å². The van der Waals surface area contributed by atoms with E-state index in [1.54, 1.807) is 0 Å². The summed E-state index contributed by atoms with van der Waals surface area (Å²) in [7, 11) is 0. The molecule has 1 amide bonds. The van der Waals surface area contributed by atoms with E-state index < -0.39 is 12.0 Å². The van der Waals surface area contributed by atoms with Gasteiger partial charge in [-0.25, -0.2) is 0 Å². The molecule has 0 spiro atoms. The number of amides is 1. The lowest BCUT2D eigenvalue weighted by atomic mass is 10.2. The van der Waals surface area contributed by atoms with Crippen molar-refractivity contribution in [2.24, 2.45) is 5.92 Å². The van der Waals surface area contributed by atoms with Gasteiger partial charge in [0.05, 0.1) is 0 Å². The standard InChI is InChI=1S/C15H19N3O3S/c19-15(13-9-14(13)18(20)21)16-12-3-1-2-11(8-12)10-17-4-6-22-7-5-17/h1-3,8,13-14H,4-7,9-10H2,(H,16,19)/t13-,14-/m0/s1. The van der Waals surface area contributed by atoms with Gasteiger partial charge in [-0.15, -0.1) is 0 Å². The predicted molar refractivity (Wildman–Crippen MR) is 86.6 cm³/mol. The molecule has 1 aliphatic carbocycles. The van der Waals surface area contributed by atoms with Crippen molar-refractivity contribution in [3.8, 4) is 0 Å². The second-order valence-electron chi connectivity index (χ2n) is 5.77. The number of nitrogens with one attached hydrogen (secondary N) is 1. The van der Waals surface area contributed by atoms with Gasteiger partial charge in [-0.2, -0.15) is 11.8 Å². The zero-order valence-corrected chi connectivity index (χ0v) is 13.1. The highest BCUT2D eigenvalue weighted by Crippen LogP contribution is 2.34. The van der Waals surface area contributed by atoms with Gasteiger partial charge in [-0.05, 0) is 17.7 Å². The third kappa shape index (κ3) is 3.78. The van der Waals surface area contributed by atoms with Crippen LogP contribution in [0.5, 0.6) is 0 Å². The summed E-state index contributed by atoms with van der Waals surface area (Å²) in [6.07, 6.45) is 0.351.